The van der Waals surface area contributed by atoms with Crippen LogP contribution in [0.1, 0.15) is 55.8 Å². The smallest absolute Gasteiger partial charge is 0.356 e. The lowest BCUT2D eigenvalue weighted by molar-refractivity contribution is 0.0691. The van der Waals surface area contributed by atoms with Gasteiger partial charge in [-0.25, -0.2) is 14.8 Å². The monoisotopic (exact) mass is 281 g/mol. The van der Waals surface area contributed by atoms with Crippen LogP contribution in [0.4, 0.5) is 5.69 Å². The molecule has 0 bridgehead atoms. The number of carboxylic acid groups (broad SMARTS) is 1. The second-order valence-electron chi connectivity index (χ2n) is 5.31. The molecule has 1 rings (SSSR count). The highest BCUT2D eigenvalue weighted by Crippen LogP contribution is 2.16. The van der Waals surface area contributed by atoms with Gasteiger partial charge in [-0.2, -0.15) is 0 Å². The number of rotatable bonds is 8. The summed E-state index contributed by atoms with van der Waals surface area (Å²) in [5, 5.41) is 21.2. The van der Waals surface area contributed by atoms with Crippen molar-refractivity contribution in [2.45, 2.75) is 39.5 Å². The fourth-order valence-corrected chi connectivity index (χ4v) is 1.73. The van der Waals surface area contributed by atoms with Crippen LogP contribution in [0, 0.1) is 5.92 Å². The molecular weight excluding hydrogens is 258 g/mol. The molecule has 0 radical (unpaired) electrons. The zero-order valence-corrected chi connectivity index (χ0v) is 12.3. The van der Waals surface area contributed by atoms with E-state index < -0.39 is 5.97 Å². The van der Waals surface area contributed by atoms with E-state index in [1.165, 1.54) is 6.20 Å². The summed E-state index contributed by atoms with van der Waals surface area (Å²) in [6.07, 6.45) is 3.27. The Morgan fingerprint density at radius 1 is 1.40 bits per heavy atom. The van der Waals surface area contributed by atoms with Crippen molar-refractivity contribution in [1.29, 1.82) is 0 Å². The number of carboxylic acids is 1. The Hall–Kier alpha value is -1.69. The number of aliphatic hydroxyl groups is 1. The van der Waals surface area contributed by atoms with Gasteiger partial charge in [-0.05, 0) is 18.8 Å². The quantitative estimate of drug-likeness (QED) is 0.632. The molecule has 0 aliphatic rings. The molecule has 1 aromatic rings. The SMILES string of the molecule is CC(CO)CCCNc1cnc(C(C)C)nc1C(=O)O. The summed E-state index contributed by atoms with van der Waals surface area (Å²) in [6, 6.07) is 0. The van der Waals surface area contributed by atoms with Crippen molar-refractivity contribution in [2.75, 3.05) is 18.5 Å². The summed E-state index contributed by atoms with van der Waals surface area (Å²) >= 11 is 0. The lowest BCUT2D eigenvalue weighted by atomic mass is 10.1. The lowest BCUT2D eigenvalue weighted by Gasteiger charge is -2.12. The highest BCUT2D eigenvalue weighted by atomic mass is 16.4. The van der Waals surface area contributed by atoms with Crippen LogP contribution >= 0.6 is 0 Å². The average molecular weight is 281 g/mol. The van der Waals surface area contributed by atoms with E-state index in [4.69, 9.17) is 5.11 Å². The number of aliphatic hydroxyl groups excluding tert-OH is 1. The largest absolute Gasteiger partial charge is 0.476 e. The molecule has 1 atom stereocenters. The third kappa shape index (κ3) is 4.77. The summed E-state index contributed by atoms with van der Waals surface area (Å²) in [6.45, 7) is 6.62. The summed E-state index contributed by atoms with van der Waals surface area (Å²) in [5.74, 6) is -0.176. The van der Waals surface area contributed by atoms with Gasteiger partial charge in [0.2, 0.25) is 0 Å². The van der Waals surface area contributed by atoms with Gasteiger partial charge in [0.25, 0.3) is 0 Å². The number of hydrogen-bond acceptors (Lipinski definition) is 5. The lowest BCUT2D eigenvalue weighted by Crippen LogP contribution is -2.13. The van der Waals surface area contributed by atoms with Crippen LogP contribution in [-0.4, -0.2) is 39.3 Å². The highest BCUT2D eigenvalue weighted by molar-refractivity contribution is 5.91. The van der Waals surface area contributed by atoms with Crippen molar-refractivity contribution in [2.24, 2.45) is 5.92 Å². The van der Waals surface area contributed by atoms with Gasteiger partial charge in [-0.3, -0.25) is 0 Å². The van der Waals surface area contributed by atoms with Gasteiger partial charge < -0.3 is 15.5 Å². The fourth-order valence-electron chi connectivity index (χ4n) is 1.73. The minimum Gasteiger partial charge on any atom is -0.476 e. The second-order valence-corrected chi connectivity index (χ2v) is 5.31. The Balaban J connectivity index is 2.67. The van der Waals surface area contributed by atoms with Crippen molar-refractivity contribution in [3.8, 4) is 0 Å². The minimum atomic E-state index is -1.06. The molecule has 3 N–H and O–H groups in total. The van der Waals surface area contributed by atoms with Gasteiger partial charge in [0.1, 0.15) is 5.82 Å². The molecule has 0 saturated carbocycles. The van der Waals surface area contributed by atoms with Crippen LogP contribution < -0.4 is 5.32 Å². The predicted octanol–water partition coefficient (Wildman–Crippen LogP) is 2.12. The number of anilines is 1. The third-order valence-corrected chi connectivity index (χ3v) is 3.03. The molecule has 0 saturated heterocycles. The van der Waals surface area contributed by atoms with Gasteiger partial charge in [-0.15, -0.1) is 0 Å². The van der Waals surface area contributed by atoms with Gasteiger partial charge in [0, 0.05) is 19.1 Å². The molecule has 1 heterocycles. The normalized spacial score (nSPS) is 12.4. The second kappa shape index (κ2) is 7.79. The van der Waals surface area contributed by atoms with Crippen molar-refractivity contribution in [1.82, 2.24) is 9.97 Å². The molecule has 0 aliphatic carbocycles. The first-order chi connectivity index (χ1) is 9.45. The standard InChI is InChI=1S/C14H23N3O3/c1-9(2)13-16-7-11(12(17-13)14(19)20)15-6-4-5-10(3)8-18/h7,9-10,15,18H,4-6,8H2,1-3H3,(H,19,20). The van der Waals surface area contributed by atoms with Crippen molar-refractivity contribution in [3.05, 3.63) is 17.7 Å². The molecule has 0 aliphatic heterocycles. The molecule has 112 valence electrons. The maximum Gasteiger partial charge on any atom is 0.356 e. The first-order valence-corrected chi connectivity index (χ1v) is 6.90. The number of nitrogens with one attached hydrogen (secondary N) is 1. The summed E-state index contributed by atoms with van der Waals surface area (Å²) in [5.41, 5.74) is 0.456. The molecule has 20 heavy (non-hydrogen) atoms. The molecule has 0 fully saturated rings. The molecule has 1 aromatic heterocycles. The minimum absolute atomic E-state index is 0.0129. The van der Waals surface area contributed by atoms with Crippen molar-refractivity contribution in [3.63, 3.8) is 0 Å². The number of aromatic carboxylic acids is 1. The zero-order chi connectivity index (χ0) is 15.1. The van der Waals surface area contributed by atoms with Crippen LogP contribution in [0.5, 0.6) is 0 Å². The molecule has 0 aromatic carbocycles. The van der Waals surface area contributed by atoms with Gasteiger partial charge in [0.05, 0.1) is 11.9 Å². The van der Waals surface area contributed by atoms with E-state index in [0.29, 0.717) is 18.1 Å². The van der Waals surface area contributed by atoms with Crippen LogP contribution in [0.2, 0.25) is 0 Å². The first kappa shape index (κ1) is 16.4. The van der Waals surface area contributed by atoms with Crippen molar-refractivity contribution >= 4 is 11.7 Å². The molecule has 6 heteroatoms. The predicted molar refractivity (Wildman–Crippen MR) is 77.1 cm³/mol. The van der Waals surface area contributed by atoms with E-state index in [-0.39, 0.29) is 24.1 Å². The van der Waals surface area contributed by atoms with E-state index >= 15 is 0 Å². The topological polar surface area (TPSA) is 95.3 Å². The van der Waals surface area contributed by atoms with Crippen LogP contribution in [-0.2, 0) is 0 Å². The van der Waals surface area contributed by atoms with Crippen molar-refractivity contribution < 1.29 is 15.0 Å². The summed E-state index contributed by atoms with van der Waals surface area (Å²) in [4.78, 5) is 19.5. The van der Waals surface area contributed by atoms with E-state index in [1.54, 1.807) is 0 Å². The van der Waals surface area contributed by atoms with Gasteiger partial charge >= 0.3 is 5.97 Å². The van der Waals surface area contributed by atoms with Crippen LogP contribution in [0.25, 0.3) is 0 Å². The Morgan fingerprint density at radius 3 is 2.65 bits per heavy atom. The summed E-state index contributed by atoms with van der Waals surface area (Å²) in [7, 11) is 0. The molecule has 0 spiro atoms. The highest BCUT2D eigenvalue weighted by Gasteiger charge is 2.15. The Morgan fingerprint density at radius 2 is 2.10 bits per heavy atom. The Bertz CT molecular complexity index is 449. The first-order valence-electron chi connectivity index (χ1n) is 6.90. The third-order valence-electron chi connectivity index (χ3n) is 3.03. The Kier molecular flexibility index (Phi) is 6.38. The van der Waals surface area contributed by atoms with E-state index in [1.807, 2.05) is 20.8 Å². The number of carbonyl (C=O) groups is 1. The zero-order valence-electron chi connectivity index (χ0n) is 12.3. The number of aromatic nitrogens is 2. The fraction of sp³-hybridized carbons (Fsp3) is 0.643. The molecule has 6 nitrogen and oxygen atoms in total. The number of hydrogen-bond donors (Lipinski definition) is 3. The van der Waals surface area contributed by atoms with Crippen LogP contribution in [0.15, 0.2) is 6.20 Å². The van der Waals surface area contributed by atoms with Gasteiger partial charge in [0.15, 0.2) is 5.69 Å². The van der Waals surface area contributed by atoms with E-state index in [0.717, 1.165) is 12.8 Å². The van der Waals surface area contributed by atoms with E-state index in [2.05, 4.69) is 15.3 Å². The molecule has 0 amide bonds. The molecular formula is C14H23N3O3. The maximum absolute atomic E-state index is 11.2. The maximum atomic E-state index is 11.2. The summed E-state index contributed by atoms with van der Waals surface area (Å²) < 4.78 is 0. The average Bonchev–Trinajstić information content (AvgIpc) is 2.42. The van der Waals surface area contributed by atoms with E-state index in [9.17, 15) is 9.90 Å². The van der Waals surface area contributed by atoms with Gasteiger partial charge in [-0.1, -0.05) is 20.8 Å². The van der Waals surface area contributed by atoms with Crippen LogP contribution in [0.3, 0.4) is 0 Å². The molecule has 1 unspecified atom stereocenters. The number of nitrogens with zero attached hydrogens (tertiary/aromatic N) is 2. The Labute approximate surface area is 119 Å².